The Balaban J connectivity index is 2.10. The van der Waals surface area contributed by atoms with Gasteiger partial charge in [-0.3, -0.25) is 4.90 Å². The Morgan fingerprint density at radius 2 is 1.96 bits per heavy atom. The molecule has 7 heteroatoms. The lowest BCUT2D eigenvalue weighted by molar-refractivity contribution is -0.142. The number of likely N-dealkylation sites (tertiary alicyclic amines) is 1. The predicted octanol–water partition coefficient (Wildman–Crippen LogP) is 3.22. The number of nitrogens with zero attached hydrogens (tertiary/aromatic N) is 1. The van der Waals surface area contributed by atoms with Crippen LogP contribution in [-0.2, 0) is 16.0 Å². The number of halogens is 2. The Hall–Kier alpha value is -2.18. The number of carboxylic acid groups (broad SMARTS) is 1. The Kier molecular flexibility index (Phi) is 5.11. The summed E-state index contributed by atoms with van der Waals surface area (Å²) in [6.45, 7) is 5.31. The standard InChI is InChI=1S/C17H21F2NO4/c1-17(2,3)24-16(23)20-9-11(8-14(20)15(21)22)6-10-4-5-12(18)13(19)7-10/h4-5,7,11,14H,6,8-9H2,1-3H3,(H,21,22)/t11-,14+/m1/s1. The van der Waals surface area contributed by atoms with Crippen LogP contribution in [0.4, 0.5) is 13.6 Å². The minimum Gasteiger partial charge on any atom is -0.480 e. The second-order valence-electron chi connectivity index (χ2n) is 7.04. The molecule has 0 unspecified atom stereocenters. The van der Waals surface area contributed by atoms with E-state index in [9.17, 15) is 23.5 Å². The number of carboxylic acids is 1. The van der Waals surface area contributed by atoms with E-state index in [4.69, 9.17) is 4.74 Å². The van der Waals surface area contributed by atoms with Crippen LogP contribution >= 0.6 is 0 Å². The fraction of sp³-hybridized carbons (Fsp3) is 0.529. The second-order valence-corrected chi connectivity index (χ2v) is 7.04. The maximum absolute atomic E-state index is 13.3. The van der Waals surface area contributed by atoms with Gasteiger partial charge in [-0.15, -0.1) is 0 Å². The third kappa shape index (κ3) is 4.43. The summed E-state index contributed by atoms with van der Waals surface area (Å²) in [6.07, 6.45) is -0.0731. The van der Waals surface area contributed by atoms with Gasteiger partial charge in [0.05, 0.1) is 0 Å². The third-order valence-corrected chi connectivity index (χ3v) is 3.81. The summed E-state index contributed by atoms with van der Waals surface area (Å²) in [7, 11) is 0. The summed E-state index contributed by atoms with van der Waals surface area (Å²) >= 11 is 0. The van der Waals surface area contributed by atoms with Crippen LogP contribution in [0, 0.1) is 17.6 Å². The first-order chi connectivity index (χ1) is 11.1. The van der Waals surface area contributed by atoms with Crippen molar-refractivity contribution in [2.45, 2.75) is 45.3 Å². The zero-order chi connectivity index (χ0) is 18.1. The van der Waals surface area contributed by atoms with Crippen molar-refractivity contribution in [3.8, 4) is 0 Å². The number of hydrogen-bond donors (Lipinski definition) is 1. The number of ether oxygens (including phenoxy) is 1. The topological polar surface area (TPSA) is 66.8 Å². The lowest BCUT2D eigenvalue weighted by atomic mass is 9.96. The minimum absolute atomic E-state index is 0.163. The van der Waals surface area contributed by atoms with Crippen molar-refractivity contribution in [3.05, 3.63) is 35.4 Å². The van der Waals surface area contributed by atoms with Gasteiger partial charge in [0.1, 0.15) is 11.6 Å². The van der Waals surface area contributed by atoms with Gasteiger partial charge in [-0.2, -0.15) is 0 Å². The Labute approximate surface area is 139 Å². The van der Waals surface area contributed by atoms with Crippen molar-refractivity contribution in [1.29, 1.82) is 0 Å². The van der Waals surface area contributed by atoms with E-state index >= 15 is 0 Å². The van der Waals surface area contributed by atoms with Gasteiger partial charge in [0.15, 0.2) is 11.6 Å². The summed E-state index contributed by atoms with van der Waals surface area (Å²) in [6, 6.07) is 2.63. The first-order valence-electron chi connectivity index (χ1n) is 7.73. The van der Waals surface area contributed by atoms with Crippen LogP contribution in [0.3, 0.4) is 0 Å². The lowest BCUT2D eigenvalue weighted by Crippen LogP contribution is -2.43. The number of aliphatic carboxylic acids is 1. The molecule has 1 amide bonds. The van der Waals surface area contributed by atoms with Gasteiger partial charge < -0.3 is 9.84 Å². The average Bonchev–Trinajstić information content (AvgIpc) is 2.85. The quantitative estimate of drug-likeness (QED) is 0.917. The van der Waals surface area contributed by atoms with Gasteiger partial charge in [0.25, 0.3) is 0 Å². The first-order valence-corrected chi connectivity index (χ1v) is 7.73. The lowest BCUT2D eigenvalue weighted by Gasteiger charge is -2.26. The molecule has 1 saturated heterocycles. The summed E-state index contributed by atoms with van der Waals surface area (Å²) in [5.74, 6) is -3.13. The molecule has 5 nitrogen and oxygen atoms in total. The van der Waals surface area contributed by atoms with E-state index in [0.717, 1.165) is 12.1 Å². The number of rotatable bonds is 3. The number of hydrogen-bond acceptors (Lipinski definition) is 3. The van der Waals surface area contributed by atoms with Crippen LogP contribution in [0.2, 0.25) is 0 Å². The van der Waals surface area contributed by atoms with E-state index in [1.165, 1.54) is 11.0 Å². The summed E-state index contributed by atoms with van der Waals surface area (Å²) in [4.78, 5) is 24.8. The van der Waals surface area contributed by atoms with Crippen LogP contribution in [0.1, 0.15) is 32.8 Å². The van der Waals surface area contributed by atoms with Crippen molar-refractivity contribution in [2.75, 3.05) is 6.54 Å². The molecule has 0 radical (unpaired) electrons. The van der Waals surface area contributed by atoms with Gasteiger partial charge in [-0.05, 0) is 57.2 Å². The molecular weight excluding hydrogens is 320 g/mol. The monoisotopic (exact) mass is 341 g/mol. The molecule has 1 aromatic rings. The highest BCUT2D eigenvalue weighted by atomic mass is 19.2. The molecule has 0 spiro atoms. The number of amides is 1. The van der Waals surface area contributed by atoms with Crippen LogP contribution in [0.15, 0.2) is 18.2 Å². The van der Waals surface area contributed by atoms with E-state index in [1.54, 1.807) is 20.8 Å². The maximum Gasteiger partial charge on any atom is 0.411 e. The molecule has 24 heavy (non-hydrogen) atoms. The van der Waals surface area contributed by atoms with E-state index in [1.807, 2.05) is 0 Å². The Morgan fingerprint density at radius 3 is 2.50 bits per heavy atom. The van der Waals surface area contributed by atoms with Gasteiger partial charge in [-0.1, -0.05) is 6.07 Å². The van der Waals surface area contributed by atoms with Crippen LogP contribution < -0.4 is 0 Å². The zero-order valence-corrected chi connectivity index (χ0v) is 13.9. The molecule has 0 aromatic heterocycles. The second kappa shape index (κ2) is 6.75. The first kappa shape index (κ1) is 18.2. The van der Waals surface area contributed by atoms with Crippen molar-refractivity contribution in [3.63, 3.8) is 0 Å². The van der Waals surface area contributed by atoms with Crippen molar-refractivity contribution >= 4 is 12.1 Å². The molecule has 0 bridgehead atoms. The molecule has 2 atom stereocenters. The molecule has 132 valence electrons. The van der Waals surface area contributed by atoms with Gasteiger partial charge >= 0.3 is 12.1 Å². The minimum atomic E-state index is -1.10. The van der Waals surface area contributed by atoms with Crippen LogP contribution in [0.25, 0.3) is 0 Å². The van der Waals surface area contributed by atoms with E-state index in [2.05, 4.69) is 0 Å². The van der Waals surface area contributed by atoms with Gasteiger partial charge in [0.2, 0.25) is 0 Å². The van der Waals surface area contributed by atoms with E-state index in [-0.39, 0.29) is 18.9 Å². The molecule has 1 fully saturated rings. The summed E-state index contributed by atoms with van der Waals surface area (Å²) in [5, 5.41) is 9.34. The zero-order valence-electron chi connectivity index (χ0n) is 13.9. The largest absolute Gasteiger partial charge is 0.480 e. The highest BCUT2D eigenvalue weighted by Crippen LogP contribution is 2.28. The Bertz CT molecular complexity index is 642. The summed E-state index contributed by atoms with van der Waals surface area (Å²) in [5.41, 5.74) is -0.160. The number of carbonyl (C=O) groups excluding carboxylic acids is 1. The maximum atomic E-state index is 13.3. The van der Waals surface area contributed by atoms with Crippen molar-refractivity contribution in [1.82, 2.24) is 4.90 Å². The molecule has 2 rings (SSSR count). The third-order valence-electron chi connectivity index (χ3n) is 3.81. The molecular formula is C17H21F2NO4. The van der Waals surface area contributed by atoms with Crippen LogP contribution in [0.5, 0.6) is 0 Å². The molecule has 1 N–H and O–H groups in total. The molecule has 1 aliphatic heterocycles. The molecule has 1 heterocycles. The van der Waals surface area contributed by atoms with Crippen molar-refractivity contribution in [2.24, 2.45) is 5.92 Å². The molecule has 0 saturated carbocycles. The number of benzene rings is 1. The Morgan fingerprint density at radius 1 is 1.29 bits per heavy atom. The van der Waals surface area contributed by atoms with Crippen molar-refractivity contribution < 1.29 is 28.2 Å². The highest BCUT2D eigenvalue weighted by molar-refractivity contribution is 5.81. The fourth-order valence-electron chi connectivity index (χ4n) is 2.83. The average molecular weight is 341 g/mol. The fourth-order valence-corrected chi connectivity index (χ4v) is 2.83. The summed E-state index contributed by atoms with van der Waals surface area (Å²) < 4.78 is 31.5. The molecule has 1 aromatic carbocycles. The molecule has 0 aliphatic carbocycles. The van der Waals surface area contributed by atoms with Gasteiger partial charge in [0, 0.05) is 6.54 Å². The smallest absolute Gasteiger partial charge is 0.411 e. The van der Waals surface area contributed by atoms with Gasteiger partial charge in [-0.25, -0.2) is 18.4 Å². The predicted molar refractivity (Wildman–Crippen MR) is 82.5 cm³/mol. The SMILES string of the molecule is CC(C)(C)OC(=O)N1C[C@H](Cc2ccc(F)c(F)c2)C[C@H]1C(=O)O. The van der Waals surface area contributed by atoms with E-state index in [0.29, 0.717) is 12.0 Å². The normalized spacial score (nSPS) is 21.0. The molecule has 1 aliphatic rings. The van der Waals surface area contributed by atoms with E-state index < -0.39 is 35.3 Å². The highest BCUT2D eigenvalue weighted by Gasteiger charge is 2.41. The van der Waals surface area contributed by atoms with Crippen LogP contribution in [-0.4, -0.2) is 40.3 Å². The number of carbonyl (C=O) groups is 2.